The van der Waals surface area contributed by atoms with E-state index in [9.17, 15) is 13.2 Å². The number of fused-ring (bicyclic) bond motifs is 1. The number of amides is 1. The zero-order valence-corrected chi connectivity index (χ0v) is 20.2. The molecule has 1 aliphatic heterocycles. The van der Waals surface area contributed by atoms with E-state index in [4.69, 9.17) is 9.47 Å². The summed E-state index contributed by atoms with van der Waals surface area (Å²) in [7, 11) is -3.79. The molecule has 1 heterocycles. The summed E-state index contributed by atoms with van der Waals surface area (Å²) >= 11 is 0. The maximum Gasteiger partial charge on any atom is 0.261 e. The lowest BCUT2D eigenvalue weighted by atomic mass is 9.92. The second-order valence-corrected chi connectivity index (χ2v) is 10.7. The molecular formula is C24H32N2O5S. The van der Waals surface area contributed by atoms with Gasteiger partial charge in [-0.05, 0) is 69.5 Å². The first-order chi connectivity index (χ1) is 15.0. The lowest BCUT2D eigenvalue weighted by Crippen LogP contribution is -2.42. The van der Waals surface area contributed by atoms with Crippen molar-refractivity contribution < 1.29 is 22.7 Å². The van der Waals surface area contributed by atoms with Gasteiger partial charge in [0.2, 0.25) is 5.91 Å². The van der Waals surface area contributed by atoms with Crippen molar-refractivity contribution in [2.24, 2.45) is 11.3 Å². The number of nitrogens with one attached hydrogen (secondary N) is 1. The van der Waals surface area contributed by atoms with Crippen LogP contribution in [0.5, 0.6) is 11.5 Å². The highest BCUT2D eigenvalue weighted by Gasteiger charge is 2.37. The lowest BCUT2D eigenvalue weighted by molar-refractivity contribution is -0.127. The number of rotatable bonds is 8. The van der Waals surface area contributed by atoms with Gasteiger partial charge in [-0.2, -0.15) is 0 Å². The first kappa shape index (κ1) is 23.9. The van der Waals surface area contributed by atoms with Gasteiger partial charge < -0.3 is 14.4 Å². The molecular weight excluding hydrogens is 428 g/mol. The van der Waals surface area contributed by atoms with Crippen LogP contribution >= 0.6 is 0 Å². The summed E-state index contributed by atoms with van der Waals surface area (Å²) in [5.74, 6) is 1.54. The van der Waals surface area contributed by atoms with E-state index < -0.39 is 15.4 Å². The minimum Gasteiger partial charge on any atom is -0.494 e. The average molecular weight is 461 g/mol. The molecule has 2 aromatic carbocycles. The zero-order valence-electron chi connectivity index (χ0n) is 19.3. The van der Waals surface area contributed by atoms with Crippen LogP contribution in [0.2, 0.25) is 0 Å². The highest BCUT2D eigenvalue weighted by atomic mass is 32.2. The van der Waals surface area contributed by atoms with E-state index in [0.29, 0.717) is 41.9 Å². The van der Waals surface area contributed by atoms with E-state index in [2.05, 4.69) is 18.6 Å². The minimum absolute atomic E-state index is 0.000353. The smallest absolute Gasteiger partial charge is 0.261 e. The second kappa shape index (κ2) is 9.40. The van der Waals surface area contributed by atoms with E-state index in [1.807, 2.05) is 20.8 Å². The van der Waals surface area contributed by atoms with Gasteiger partial charge in [-0.25, -0.2) is 8.42 Å². The SMILES string of the molecule is CCOc1ccc(S(=O)(=O)Nc2ccc3c(c2)OCC(C)(C)C(=O)N3CCC(C)C)cc1. The molecule has 8 heteroatoms. The van der Waals surface area contributed by atoms with Crippen LogP contribution in [0.3, 0.4) is 0 Å². The Bertz CT molecular complexity index is 1060. The van der Waals surface area contributed by atoms with Gasteiger partial charge in [-0.1, -0.05) is 13.8 Å². The third-order valence-electron chi connectivity index (χ3n) is 5.29. The highest BCUT2D eigenvalue weighted by Crippen LogP contribution is 2.39. The largest absolute Gasteiger partial charge is 0.494 e. The Balaban J connectivity index is 1.88. The normalized spacial score (nSPS) is 15.7. The summed E-state index contributed by atoms with van der Waals surface area (Å²) in [5.41, 5.74) is 0.344. The van der Waals surface area contributed by atoms with Crippen LogP contribution in [0.4, 0.5) is 11.4 Å². The molecule has 32 heavy (non-hydrogen) atoms. The van der Waals surface area contributed by atoms with Gasteiger partial charge in [0.05, 0.1) is 28.3 Å². The van der Waals surface area contributed by atoms with Crippen LogP contribution in [0.25, 0.3) is 0 Å². The molecule has 1 N–H and O–H groups in total. The van der Waals surface area contributed by atoms with Gasteiger partial charge >= 0.3 is 0 Å². The van der Waals surface area contributed by atoms with Crippen LogP contribution in [0.15, 0.2) is 47.4 Å². The molecule has 3 rings (SSSR count). The van der Waals surface area contributed by atoms with Crippen molar-refractivity contribution >= 4 is 27.3 Å². The average Bonchev–Trinajstić information content (AvgIpc) is 2.82. The molecule has 0 saturated carbocycles. The van der Waals surface area contributed by atoms with Gasteiger partial charge in [0.1, 0.15) is 18.1 Å². The van der Waals surface area contributed by atoms with Gasteiger partial charge in [0, 0.05) is 12.6 Å². The van der Waals surface area contributed by atoms with Gasteiger partial charge in [-0.15, -0.1) is 0 Å². The van der Waals surface area contributed by atoms with E-state index in [0.717, 1.165) is 6.42 Å². The minimum atomic E-state index is -3.79. The number of sulfonamides is 1. The van der Waals surface area contributed by atoms with Crippen molar-refractivity contribution in [2.75, 3.05) is 29.4 Å². The summed E-state index contributed by atoms with van der Waals surface area (Å²) in [5, 5.41) is 0. The summed E-state index contributed by atoms with van der Waals surface area (Å²) in [4.78, 5) is 15.0. The number of ether oxygens (including phenoxy) is 2. The van der Waals surface area contributed by atoms with Crippen LogP contribution in [0.1, 0.15) is 41.0 Å². The summed E-state index contributed by atoms with van der Waals surface area (Å²) in [6.07, 6.45) is 0.855. The molecule has 0 fully saturated rings. The van der Waals surface area contributed by atoms with E-state index in [1.54, 1.807) is 35.2 Å². The molecule has 0 aliphatic carbocycles. The maximum atomic E-state index is 13.1. The molecule has 174 valence electrons. The first-order valence-corrected chi connectivity index (χ1v) is 12.4. The Hall–Kier alpha value is -2.74. The topological polar surface area (TPSA) is 84.9 Å². The third kappa shape index (κ3) is 5.35. The number of hydrogen-bond donors (Lipinski definition) is 1. The fourth-order valence-electron chi connectivity index (χ4n) is 3.42. The quantitative estimate of drug-likeness (QED) is 0.618. The van der Waals surface area contributed by atoms with Gasteiger partial charge in [0.25, 0.3) is 10.0 Å². The van der Waals surface area contributed by atoms with Gasteiger partial charge in [0.15, 0.2) is 0 Å². The molecule has 7 nitrogen and oxygen atoms in total. The molecule has 0 unspecified atom stereocenters. The molecule has 0 aromatic heterocycles. The lowest BCUT2D eigenvalue weighted by Gasteiger charge is -2.28. The number of carbonyl (C=O) groups excluding carboxylic acids is 1. The second-order valence-electron chi connectivity index (χ2n) is 9.00. The summed E-state index contributed by atoms with van der Waals surface area (Å²) in [6.45, 7) is 11.1. The first-order valence-electron chi connectivity index (χ1n) is 10.9. The fraction of sp³-hybridized carbons (Fsp3) is 0.458. The predicted molar refractivity (Wildman–Crippen MR) is 126 cm³/mol. The Morgan fingerprint density at radius 1 is 1.16 bits per heavy atom. The Morgan fingerprint density at radius 3 is 2.47 bits per heavy atom. The number of benzene rings is 2. The van der Waals surface area contributed by atoms with E-state index in [1.165, 1.54) is 12.1 Å². The Kier molecular flexibility index (Phi) is 7.03. The van der Waals surface area contributed by atoms with Crippen molar-refractivity contribution in [3.05, 3.63) is 42.5 Å². The number of anilines is 2. The van der Waals surface area contributed by atoms with Crippen molar-refractivity contribution in [2.45, 2.75) is 45.9 Å². The highest BCUT2D eigenvalue weighted by molar-refractivity contribution is 7.92. The fourth-order valence-corrected chi connectivity index (χ4v) is 4.47. The number of hydrogen-bond acceptors (Lipinski definition) is 5. The van der Waals surface area contributed by atoms with E-state index in [-0.39, 0.29) is 17.4 Å². The maximum absolute atomic E-state index is 13.1. The zero-order chi connectivity index (χ0) is 23.5. The van der Waals surface area contributed by atoms with Crippen molar-refractivity contribution in [3.8, 4) is 11.5 Å². The standard InChI is InChI=1S/C24H32N2O5S/c1-6-30-19-8-10-20(11-9-19)32(28,29)25-18-7-12-21-22(15-18)31-16-24(4,5)23(27)26(21)14-13-17(2)3/h7-12,15,17,25H,6,13-14,16H2,1-5H3. The van der Waals surface area contributed by atoms with Crippen LogP contribution in [-0.2, 0) is 14.8 Å². The molecule has 0 saturated heterocycles. The Morgan fingerprint density at radius 2 is 1.84 bits per heavy atom. The monoisotopic (exact) mass is 460 g/mol. The van der Waals surface area contributed by atoms with Crippen LogP contribution < -0.4 is 19.1 Å². The van der Waals surface area contributed by atoms with Gasteiger partial charge in [-0.3, -0.25) is 9.52 Å². The van der Waals surface area contributed by atoms with Crippen molar-refractivity contribution in [1.29, 1.82) is 0 Å². The third-order valence-corrected chi connectivity index (χ3v) is 6.69. The molecule has 2 aromatic rings. The molecule has 1 aliphatic rings. The van der Waals surface area contributed by atoms with E-state index >= 15 is 0 Å². The number of nitrogens with zero attached hydrogens (tertiary/aromatic N) is 1. The van der Waals surface area contributed by atoms with Crippen LogP contribution in [-0.4, -0.2) is 34.1 Å². The number of carbonyl (C=O) groups is 1. The summed E-state index contributed by atoms with van der Waals surface area (Å²) < 4.78 is 39.6. The summed E-state index contributed by atoms with van der Waals surface area (Å²) in [6, 6.07) is 11.3. The Labute approximate surface area is 190 Å². The molecule has 0 radical (unpaired) electrons. The molecule has 0 spiro atoms. The predicted octanol–water partition coefficient (Wildman–Crippen LogP) is 4.68. The van der Waals surface area contributed by atoms with Crippen molar-refractivity contribution in [3.63, 3.8) is 0 Å². The van der Waals surface area contributed by atoms with Crippen LogP contribution in [0, 0.1) is 11.3 Å². The van der Waals surface area contributed by atoms with Crippen molar-refractivity contribution in [1.82, 2.24) is 0 Å². The molecule has 0 atom stereocenters. The molecule has 0 bridgehead atoms. The molecule has 1 amide bonds.